The number of ether oxygens (including phenoxy) is 1. The number of fused-ring (bicyclic) bond motifs is 2. The number of nitrogens with zero attached hydrogens (tertiary/aromatic N) is 1. The van der Waals surface area contributed by atoms with Crippen LogP contribution in [-0.2, 0) is 11.3 Å². The molecule has 0 aliphatic rings. The number of carbonyl (C=O) groups is 1. The summed E-state index contributed by atoms with van der Waals surface area (Å²) >= 11 is 1.44. The van der Waals surface area contributed by atoms with E-state index in [-0.39, 0.29) is 6.03 Å². The number of anilines is 2. The first-order chi connectivity index (χ1) is 12.2. The summed E-state index contributed by atoms with van der Waals surface area (Å²) in [4.78, 5) is 20.0. The molecule has 6 nitrogen and oxygen atoms in total. The van der Waals surface area contributed by atoms with Crippen molar-refractivity contribution in [1.82, 2.24) is 9.97 Å². The number of rotatable bonds is 4. The summed E-state index contributed by atoms with van der Waals surface area (Å²) in [6, 6.07) is 13.3. The van der Waals surface area contributed by atoms with Gasteiger partial charge in [-0.3, -0.25) is 5.32 Å². The van der Waals surface area contributed by atoms with E-state index in [9.17, 15) is 4.79 Å². The smallest absolute Gasteiger partial charge is 0.325 e. The van der Waals surface area contributed by atoms with Crippen molar-refractivity contribution < 1.29 is 9.53 Å². The highest BCUT2D eigenvalue weighted by atomic mass is 32.1. The molecule has 0 saturated heterocycles. The fourth-order valence-electron chi connectivity index (χ4n) is 2.77. The highest BCUT2D eigenvalue weighted by Crippen LogP contribution is 2.29. The topological polar surface area (TPSA) is 79.0 Å². The Hall–Kier alpha value is -2.90. The molecule has 0 aliphatic carbocycles. The number of para-hydroxylation sites is 2. The number of hydrogen-bond acceptors (Lipinski definition) is 4. The zero-order chi connectivity index (χ0) is 17.2. The van der Waals surface area contributed by atoms with E-state index in [1.165, 1.54) is 11.3 Å². The molecule has 0 atom stereocenters. The van der Waals surface area contributed by atoms with Crippen LogP contribution in [-0.4, -0.2) is 23.1 Å². The van der Waals surface area contributed by atoms with E-state index < -0.39 is 0 Å². The Morgan fingerprint density at radius 2 is 2.08 bits per heavy atom. The third-order valence-corrected chi connectivity index (χ3v) is 4.79. The molecule has 25 heavy (non-hydrogen) atoms. The van der Waals surface area contributed by atoms with Crippen molar-refractivity contribution in [3.05, 3.63) is 54.2 Å². The summed E-state index contributed by atoms with van der Waals surface area (Å²) < 4.78 is 6.21. The highest BCUT2D eigenvalue weighted by Gasteiger charge is 2.11. The average molecular weight is 352 g/mol. The summed E-state index contributed by atoms with van der Waals surface area (Å²) in [6.07, 6.45) is 1.85. The van der Waals surface area contributed by atoms with Crippen molar-refractivity contribution in [2.45, 2.75) is 6.61 Å². The number of amides is 2. The number of carbonyl (C=O) groups excluding carboxylic acids is 1. The van der Waals surface area contributed by atoms with Crippen LogP contribution in [0.15, 0.2) is 48.7 Å². The number of aromatic amines is 1. The van der Waals surface area contributed by atoms with Crippen LogP contribution in [0.5, 0.6) is 0 Å². The molecule has 126 valence electrons. The van der Waals surface area contributed by atoms with Crippen LogP contribution >= 0.6 is 11.3 Å². The number of benzene rings is 2. The molecule has 0 spiro atoms. The predicted molar refractivity (Wildman–Crippen MR) is 101 cm³/mol. The van der Waals surface area contributed by atoms with E-state index in [0.717, 1.165) is 32.4 Å². The molecule has 0 fully saturated rings. The van der Waals surface area contributed by atoms with Crippen molar-refractivity contribution in [3.8, 4) is 0 Å². The van der Waals surface area contributed by atoms with Gasteiger partial charge in [0, 0.05) is 24.3 Å². The number of H-pyrrole nitrogens is 1. The lowest BCUT2D eigenvalue weighted by atomic mass is 10.2. The normalized spacial score (nSPS) is 11.1. The van der Waals surface area contributed by atoms with Gasteiger partial charge in [-0.2, -0.15) is 0 Å². The Labute approximate surface area is 147 Å². The third kappa shape index (κ3) is 3.07. The number of thiazole rings is 1. The molecule has 2 amide bonds. The van der Waals surface area contributed by atoms with Gasteiger partial charge in [0.15, 0.2) is 5.13 Å². The minimum Gasteiger partial charge on any atom is -0.380 e. The maximum Gasteiger partial charge on any atom is 0.325 e. The molecule has 0 bridgehead atoms. The van der Waals surface area contributed by atoms with Crippen LogP contribution in [0.4, 0.5) is 15.6 Å². The first-order valence-corrected chi connectivity index (χ1v) is 8.58. The molecular weight excluding hydrogens is 336 g/mol. The zero-order valence-electron chi connectivity index (χ0n) is 13.5. The summed E-state index contributed by atoms with van der Waals surface area (Å²) in [6.45, 7) is 0.488. The molecule has 4 rings (SSSR count). The van der Waals surface area contributed by atoms with Gasteiger partial charge >= 0.3 is 6.03 Å². The van der Waals surface area contributed by atoms with Crippen molar-refractivity contribution in [2.75, 3.05) is 17.7 Å². The fourth-order valence-corrected chi connectivity index (χ4v) is 3.68. The third-order valence-electron chi connectivity index (χ3n) is 3.86. The van der Waals surface area contributed by atoms with Gasteiger partial charge in [0.05, 0.1) is 28.0 Å². The van der Waals surface area contributed by atoms with Gasteiger partial charge in [-0.05, 0) is 18.2 Å². The molecule has 7 heteroatoms. The van der Waals surface area contributed by atoms with Gasteiger partial charge in [-0.25, -0.2) is 9.78 Å². The lowest BCUT2D eigenvalue weighted by Crippen LogP contribution is -2.19. The van der Waals surface area contributed by atoms with E-state index >= 15 is 0 Å². The fraction of sp³-hybridized carbons (Fsp3) is 0.111. The van der Waals surface area contributed by atoms with Crippen LogP contribution in [0.3, 0.4) is 0 Å². The Morgan fingerprint density at radius 3 is 2.96 bits per heavy atom. The number of urea groups is 1. The second-order valence-corrected chi connectivity index (χ2v) is 6.57. The summed E-state index contributed by atoms with van der Waals surface area (Å²) in [7, 11) is 1.65. The van der Waals surface area contributed by atoms with E-state index in [2.05, 4.69) is 20.6 Å². The second-order valence-electron chi connectivity index (χ2n) is 5.54. The quantitative estimate of drug-likeness (QED) is 0.503. The van der Waals surface area contributed by atoms with Gasteiger partial charge in [0.1, 0.15) is 0 Å². The van der Waals surface area contributed by atoms with E-state index in [1.807, 2.05) is 48.7 Å². The molecule has 2 heterocycles. The molecule has 0 aliphatic heterocycles. The predicted octanol–water partition coefficient (Wildman–Crippen LogP) is 4.57. The van der Waals surface area contributed by atoms with Gasteiger partial charge in [-0.1, -0.05) is 35.6 Å². The van der Waals surface area contributed by atoms with Gasteiger partial charge in [-0.15, -0.1) is 0 Å². The lowest BCUT2D eigenvalue weighted by molar-refractivity contribution is 0.186. The molecular formula is C18H16N4O2S. The number of aromatic nitrogens is 2. The van der Waals surface area contributed by atoms with Gasteiger partial charge in [0.25, 0.3) is 0 Å². The number of nitrogens with one attached hydrogen (secondary N) is 3. The Bertz CT molecular complexity index is 1050. The van der Waals surface area contributed by atoms with Crippen LogP contribution in [0.25, 0.3) is 21.1 Å². The SMILES string of the molecule is COCc1cccc2sc(NC(=O)Nc3cccc4cc[nH]c34)nc12. The monoisotopic (exact) mass is 352 g/mol. The van der Waals surface area contributed by atoms with Crippen LogP contribution in [0.1, 0.15) is 5.56 Å². The Morgan fingerprint density at radius 1 is 1.20 bits per heavy atom. The molecule has 2 aromatic heterocycles. The Balaban J connectivity index is 1.55. The average Bonchev–Trinajstić information content (AvgIpc) is 3.22. The second kappa shape index (κ2) is 6.54. The number of hydrogen-bond donors (Lipinski definition) is 3. The maximum atomic E-state index is 12.3. The highest BCUT2D eigenvalue weighted by molar-refractivity contribution is 7.22. The molecule has 2 aromatic carbocycles. The molecule has 0 radical (unpaired) electrons. The lowest BCUT2D eigenvalue weighted by Gasteiger charge is -2.06. The van der Waals surface area contributed by atoms with Gasteiger partial charge in [0.2, 0.25) is 0 Å². The summed E-state index contributed by atoms with van der Waals surface area (Å²) in [5.74, 6) is 0. The summed E-state index contributed by atoms with van der Waals surface area (Å²) in [5.41, 5.74) is 3.47. The standard InChI is InChI=1S/C18H16N4O2S/c1-24-10-12-5-3-7-14-16(12)21-18(25-14)22-17(23)20-13-6-2-4-11-8-9-19-15(11)13/h2-9,19H,10H2,1H3,(H2,20,21,22,23). The number of methoxy groups -OCH3 is 1. The minimum atomic E-state index is -0.325. The van der Waals surface area contributed by atoms with E-state index in [1.54, 1.807) is 7.11 Å². The molecule has 3 N–H and O–H groups in total. The molecule has 0 unspecified atom stereocenters. The largest absolute Gasteiger partial charge is 0.380 e. The molecule has 0 saturated carbocycles. The Kier molecular flexibility index (Phi) is 4.09. The van der Waals surface area contributed by atoms with Crippen molar-refractivity contribution in [1.29, 1.82) is 0 Å². The van der Waals surface area contributed by atoms with Crippen LogP contribution in [0, 0.1) is 0 Å². The minimum absolute atomic E-state index is 0.325. The van der Waals surface area contributed by atoms with E-state index in [0.29, 0.717) is 11.7 Å². The first kappa shape index (κ1) is 15.6. The maximum absolute atomic E-state index is 12.3. The van der Waals surface area contributed by atoms with Crippen molar-refractivity contribution in [2.24, 2.45) is 0 Å². The summed E-state index contributed by atoms with van der Waals surface area (Å²) in [5, 5.41) is 7.27. The van der Waals surface area contributed by atoms with Crippen LogP contribution in [0.2, 0.25) is 0 Å². The van der Waals surface area contributed by atoms with Crippen molar-refractivity contribution >= 4 is 49.3 Å². The van der Waals surface area contributed by atoms with E-state index in [4.69, 9.17) is 4.74 Å². The molecule has 4 aromatic rings. The van der Waals surface area contributed by atoms with Crippen molar-refractivity contribution in [3.63, 3.8) is 0 Å². The zero-order valence-corrected chi connectivity index (χ0v) is 14.3. The first-order valence-electron chi connectivity index (χ1n) is 7.76. The van der Waals surface area contributed by atoms with Gasteiger partial charge < -0.3 is 15.0 Å². The van der Waals surface area contributed by atoms with Crippen LogP contribution < -0.4 is 10.6 Å².